The smallest absolute Gasteiger partial charge is 0.326 e. The molecule has 0 saturated carbocycles. The number of benzene rings is 3. The molecule has 3 aromatic carbocycles. The molecule has 0 bridgehead atoms. The zero-order valence-corrected chi connectivity index (χ0v) is 72.9. The van der Waals surface area contributed by atoms with Gasteiger partial charge < -0.3 is 155 Å². The van der Waals surface area contributed by atoms with E-state index in [1.54, 1.807) is 48.5 Å². The van der Waals surface area contributed by atoms with Gasteiger partial charge in [-0.3, -0.25) is 96.9 Å². The number of aliphatic hydroxyl groups is 4. The largest absolute Gasteiger partial charge is 0.508 e. The highest BCUT2D eigenvalue weighted by atomic mass is 16.4. The molecule has 16 amide bonds. The summed E-state index contributed by atoms with van der Waals surface area (Å²) in [5.74, 6) is -26.0. The number of nitrogens with one attached hydrogen (secondary N) is 16. The first kappa shape index (κ1) is 112. The van der Waals surface area contributed by atoms with Crippen molar-refractivity contribution in [3.05, 3.63) is 102 Å². The number of aliphatic carboxylic acids is 3. The Balaban J connectivity index is 1.89. The number of hydrogen-bond donors (Lipinski definition) is 31. The maximum absolute atomic E-state index is 14.6. The van der Waals surface area contributed by atoms with Gasteiger partial charge in [-0.15, -0.1) is 0 Å². The van der Waals surface area contributed by atoms with Crippen LogP contribution < -0.4 is 125 Å². The zero-order chi connectivity index (χ0) is 98.5. The fourth-order valence-corrected chi connectivity index (χ4v) is 12.6. The molecule has 0 aromatic heterocycles. The van der Waals surface area contributed by atoms with Crippen molar-refractivity contribution in [2.45, 2.75) is 234 Å². The van der Waals surface area contributed by atoms with Crippen molar-refractivity contribution in [3.63, 3.8) is 0 Å². The van der Waals surface area contributed by atoms with Gasteiger partial charge in [0.05, 0.1) is 44.8 Å². The van der Waals surface area contributed by atoms with E-state index in [-0.39, 0.29) is 56.5 Å². The van der Waals surface area contributed by atoms with E-state index in [0.717, 1.165) is 0 Å². The summed E-state index contributed by atoms with van der Waals surface area (Å²) in [6.45, 7) is 3.45. The van der Waals surface area contributed by atoms with E-state index < -0.39 is 305 Å². The van der Waals surface area contributed by atoms with Crippen LogP contribution in [0.5, 0.6) is 5.75 Å². The third kappa shape index (κ3) is 41.5. The lowest BCUT2D eigenvalue weighted by Gasteiger charge is -2.29. The van der Waals surface area contributed by atoms with Gasteiger partial charge in [-0.25, -0.2) is 4.79 Å². The van der Waals surface area contributed by atoms with Gasteiger partial charge in [0.15, 0.2) is 0 Å². The van der Waals surface area contributed by atoms with Crippen molar-refractivity contribution in [2.24, 2.45) is 52.0 Å². The van der Waals surface area contributed by atoms with E-state index in [9.17, 15) is 132 Å². The molecule has 0 aliphatic carbocycles. The fourth-order valence-electron chi connectivity index (χ4n) is 12.6. The Kier molecular flexibility index (Phi) is 49.5. The Labute approximate surface area is 752 Å². The second kappa shape index (κ2) is 57.8. The highest BCUT2D eigenvalue weighted by Crippen LogP contribution is 2.17. The average Bonchev–Trinajstić information content (AvgIpc) is 0.847. The first-order chi connectivity index (χ1) is 61.7. The van der Waals surface area contributed by atoms with Crippen LogP contribution in [-0.2, 0) is 110 Å². The minimum absolute atomic E-state index is 0.0365. The Morgan fingerprint density at radius 1 is 0.336 bits per heavy atom. The van der Waals surface area contributed by atoms with Crippen LogP contribution in [-0.4, -0.2) is 295 Å². The van der Waals surface area contributed by atoms with Crippen LogP contribution in [0, 0.1) is 11.8 Å². The van der Waals surface area contributed by atoms with Gasteiger partial charge in [0, 0.05) is 32.1 Å². The third-order valence-electron chi connectivity index (χ3n) is 20.1. The van der Waals surface area contributed by atoms with Crippen molar-refractivity contribution < 1.29 is 132 Å². The topological polar surface area (TPSA) is 861 Å². The Morgan fingerprint density at radius 2 is 0.634 bits per heavy atom. The van der Waals surface area contributed by atoms with Crippen LogP contribution in [0.15, 0.2) is 84.9 Å². The molecule has 0 fully saturated rings. The van der Waals surface area contributed by atoms with Crippen molar-refractivity contribution in [1.29, 1.82) is 0 Å². The van der Waals surface area contributed by atoms with E-state index >= 15 is 0 Å². The first-order valence-corrected chi connectivity index (χ1v) is 41.8. The number of aliphatic hydroxyl groups excluding tert-OH is 4. The van der Waals surface area contributed by atoms with E-state index in [1.807, 2.05) is 5.32 Å². The van der Waals surface area contributed by atoms with Crippen molar-refractivity contribution in [2.75, 3.05) is 32.9 Å². The van der Waals surface area contributed by atoms with Crippen LogP contribution in [0.1, 0.15) is 122 Å². The maximum Gasteiger partial charge on any atom is 0.326 e. The molecule has 131 heavy (non-hydrogen) atoms. The molecule has 50 heteroatoms. The Morgan fingerprint density at radius 3 is 1.02 bits per heavy atom. The Bertz CT molecular complexity index is 4330. The molecule has 0 saturated heterocycles. The summed E-state index contributed by atoms with van der Waals surface area (Å²) in [6.07, 6.45) is -9.05. The van der Waals surface area contributed by atoms with Gasteiger partial charge in [-0.2, -0.15) is 0 Å². The molecule has 38 N–H and O–H groups in total. The number of rotatable bonds is 62. The molecule has 0 spiro atoms. The number of carbonyl (C=O) groups excluding carboxylic acids is 16. The molecular formula is C81H125N23O27. The highest BCUT2D eigenvalue weighted by Gasteiger charge is 2.41. The fraction of sp³-hybridized carbons (Fsp3) is 0.543. The molecule has 17 atom stereocenters. The minimum Gasteiger partial charge on any atom is -0.508 e. The molecule has 0 heterocycles. The van der Waals surface area contributed by atoms with E-state index in [0.29, 0.717) is 17.5 Å². The summed E-state index contributed by atoms with van der Waals surface area (Å²) in [5, 5.41) is 119. The molecule has 0 radical (unpaired) electrons. The standard InChI is InChI=1S/C81H125N23O27/c1-6-40(4)63(77(128)101-56(37-106)73(124)96-53(34-60(112)113)72(123)95-50(31-42-15-9-7-10-16-42)70(121)94-51(33-44-21-23-45(109)24-22-44)71(122)98-54(79(130)131)35-61(114)115)103-75(126)57(38-107)100-74(125)55(36-105)99-67(118)48(25-27-58(83)110)93-76(127)62(39(2)3)102-68(119)49(26-28-59(84)111)92-66(117)47(20-14-30-90-81(87)88)91-69(120)52(32-43-17-11-8-12-18-43)97-78(129)64(41(5)108)104-65(116)46(82)19-13-29-89-80(85)86/h7-12,15-18,21-24,39-41,46-57,62-64,80-81,89-90,105-109H,6,13-14,19-20,25-38,82,85-88H2,1-5H3,(H2,83,110)(H2,84,111)(H,91,120)(H,92,117)(H,93,127)(H,94,121)(H,95,123)(H,96,124)(H,97,129)(H,98,122)(H,99,118)(H,100,125)(H,101,128)(H,102,119)(H,103,126)(H,104,116)(H,112,113)(H,114,115)(H,130,131)/t40-,41+,46-,47-,48-,49-,50-,51-,52-,53-,54-,55-,56-,57-,62-,63-,64-/m0/s1. The van der Waals surface area contributed by atoms with Crippen LogP contribution in [0.25, 0.3) is 0 Å². The molecule has 3 aromatic rings. The van der Waals surface area contributed by atoms with Crippen LogP contribution in [0.4, 0.5) is 0 Å². The van der Waals surface area contributed by atoms with Gasteiger partial charge in [0.25, 0.3) is 0 Å². The number of carboxylic acid groups (broad SMARTS) is 3. The quantitative estimate of drug-likeness (QED) is 0.0184. The second-order valence-electron chi connectivity index (χ2n) is 31.2. The lowest BCUT2D eigenvalue weighted by Crippen LogP contribution is -2.63. The third-order valence-corrected chi connectivity index (χ3v) is 20.1. The van der Waals surface area contributed by atoms with Gasteiger partial charge in [-0.05, 0) is 99.2 Å². The van der Waals surface area contributed by atoms with Crippen molar-refractivity contribution in [1.82, 2.24) is 85.1 Å². The number of primary amides is 2. The van der Waals surface area contributed by atoms with Crippen LogP contribution in [0.3, 0.4) is 0 Å². The number of phenols is 1. The number of aromatic hydroxyl groups is 1. The number of carbonyl (C=O) groups is 19. The second-order valence-corrected chi connectivity index (χ2v) is 31.2. The molecule has 50 nitrogen and oxygen atoms in total. The van der Waals surface area contributed by atoms with E-state index in [2.05, 4.69) is 79.8 Å². The van der Waals surface area contributed by atoms with Gasteiger partial charge >= 0.3 is 17.9 Å². The first-order valence-electron chi connectivity index (χ1n) is 41.8. The van der Waals surface area contributed by atoms with Gasteiger partial charge in [0.1, 0.15) is 103 Å². The predicted octanol–water partition coefficient (Wildman–Crippen LogP) is -11.7. The SMILES string of the molecule is CC[C@H](C)[C@H](NC(=O)[C@H](CO)NC(=O)[C@H](CO)NC(=O)[C@H](CCC(N)=O)NC(=O)[C@@H](NC(=O)[C@H](CCC(N)=O)NC(=O)[C@H](CCCNC(N)N)NC(=O)[C@H](Cc1ccccc1)NC(=O)[C@@H](NC(=O)[C@@H](N)CCCNC(N)N)[C@@H](C)O)C(C)C)C(=O)N[C@@H](CO)C(=O)N[C@@H](CC(=O)O)C(=O)N[C@@H](Cc1ccccc1)C(=O)N[C@@H](Cc1ccc(O)cc1)C(=O)N[C@@H](CC(=O)O)C(=O)O. The van der Waals surface area contributed by atoms with Crippen LogP contribution >= 0.6 is 0 Å². The summed E-state index contributed by atoms with van der Waals surface area (Å²) < 4.78 is 0. The zero-order valence-electron chi connectivity index (χ0n) is 72.9. The number of nitrogens with two attached hydrogens (primary N) is 7. The van der Waals surface area contributed by atoms with Gasteiger partial charge in [0.2, 0.25) is 94.5 Å². The highest BCUT2D eigenvalue weighted by molar-refractivity contribution is 6.02. The van der Waals surface area contributed by atoms with Crippen molar-refractivity contribution in [3.8, 4) is 5.75 Å². The summed E-state index contributed by atoms with van der Waals surface area (Å²) in [7, 11) is 0. The minimum atomic E-state index is -2.15. The lowest BCUT2D eigenvalue weighted by atomic mass is 9.97. The molecule has 0 aliphatic rings. The molecule has 0 aliphatic heterocycles. The van der Waals surface area contributed by atoms with Gasteiger partial charge in [-0.1, -0.05) is 107 Å². The number of carboxylic acids is 3. The summed E-state index contributed by atoms with van der Waals surface area (Å²) in [5.41, 5.74) is 40.5. The normalized spacial score (nSPS) is 15.1. The maximum atomic E-state index is 14.6. The summed E-state index contributed by atoms with van der Waals surface area (Å²) in [6, 6.07) is -6.06. The summed E-state index contributed by atoms with van der Waals surface area (Å²) in [4.78, 5) is 259. The number of amides is 16. The van der Waals surface area contributed by atoms with Crippen molar-refractivity contribution >= 4 is 112 Å². The molecular weight excluding hydrogens is 1730 g/mol. The monoisotopic (exact) mass is 1850 g/mol. The lowest BCUT2D eigenvalue weighted by molar-refractivity contribution is -0.147. The number of hydrogen-bond acceptors (Lipinski definition) is 31. The Hall–Kier alpha value is -13.1. The molecule has 3 rings (SSSR count). The molecule has 726 valence electrons. The predicted molar refractivity (Wildman–Crippen MR) is 462 cm³/mol. The van der Waals surface area contributed by atoms with E-state index in [4.69, 9.17) is 40.1 Å². The average molecular weight is 1850 g/mol. The van der Waals surface area contributed by atoms with E-state index in [1.165, 1.54) is 71.0 Å². The van der Waals surface area contributed by atoms with Crippen LogP contribution in [0.2, 0.25) is 0 Å². The molecule has 0 unspecified atom stereocenters. The summed E-state index contributed by atoms with van der Waals surface area (Å²) >= 11 is 0. The number of phenolic OH excluding ortho intramolecular Hbond substituents is 1.